The number of rotatable bonds is 4. The minimum atomic E-state index is 0.618. The molecule has 0 radical (unpaired) electrons. The van der Waals surface area contributed by atoms with Gasteiger partial charge in [0.1, 0.15) is 0 Å². The van der Waals surface area contributed by atoms with Crippen LogP contribution in [-0.4, -0.2) is 26.8 Å². The van der Waals surface area contributed by atoms with Crippen LogP contribution in [0.4, 0.5) is 0 Å². The van der Waals surface area contributed by atoms with Crippen LogP contribution in [0.15, 0.2) is 12.2 Å². The normalized spacial score (nSPS) is 23.9. The van der Waals surface area contributed by atoms with Crippen LogP contribution in [0.25, 0.3) is 0 Å². The van der Waals surface area contributed by atoms with Crippen LogP contribution < -0.4 is 5.32 Å². The minimum Gasteiger partial charge on any atom is -0.381 e. The highest BCUT2D eigenvalue weighted by Crippen LogP contribution is 2.22. The van der Waals surface area contributed by atoms with E-state index in [1.807, 2.05) is 7.05 Å². The summed E-state index contributed by atoms with van der Waals surface area (Å²) in [5.74, 6) is 0.618. The van der Waals surface area contributed by atoms with Gasteiger partial charge in [0.05, 0.1) is 6.61 Å². The molecule has 0 aromatic heterocycles. The van der Waals surface area contributed by atoms with Gasteiger partial charge in [-0.2, -0.15) is 0 Å². The van der Waals surface area contributed by atoms with E-state index in [2.05, 4.69) is 11.9 Å². The zero-order valence-electron chi connectivity index (χ0n) is 7.94. The first-order chi connectivity index (χ1) is 5.84. The Labute approximate surface area is 75.0 Å². The molecule has 0 aliphatic carbocycles. The van der Waals surface area contributed by atoms with E-state index in [-0.39, 0.29) is 0 Å². The summed E-state index contributed by atoms with van der Waals surface area (Å²) < 4.78 is 5.40. The van der Waals surface area contributed by atoms with Gasteiger partial charge in [0.25, 0.3) is 0 Å². The molecule has 1 unspecified atom stereocenters. The summed E-state index contributed by atoms with van der Waals surface area (Å²) in [6.45, 7) is 6.96. The van der Waals surface area contributed by atoms with Gasteiger partial charge >= 0.3 is 0 Å². The van der Waals surface area contributed by atoms with Gasteiger partial charge in [-0.05, 0) is 32.9 Å². The molecule has 1 fully saturated rings. The Hall–Kier alpha value is -0.340. The summed E-state index contributed by atoms with van der Waals surface area (Å²) in [6, 6.07) is 0. The van der Waals surface area contributed by atoms with Crippen LogP contribution in [-0.2, 0) is 4.74 Å². The Balaban J connectivity index is 2.20. The maximum absolute atomic E-state index is 5.40. The third kappa shape index (κ3) is 2.95. The smallest absolute Gasteiger partial charge is 0.0531 e. The van der Waals surface area contributed by atoms with Crippen LogP contribution in [0, 0.1) is 5.92 Å². The van der Waals surface area contributed by atoms with Crippen molar-refractivity contribution >= 4 is 0 Å². The average molecular weight is 169 g/mol. The summed E-state index contributed by atoms with van der Waals surface area (Å²) in [5.41, 5.74) is 1.35. The monoisotopic (exact) mass is 169 g/mol. The van der Waals surface area contributed by atoms with E-state index in [4.69, 9.17) is 4.74 Å². The molecule has 1 aliphatic heterocycles. The number of ether oxygens (including phenoxy) is 1. The van der Waals surface area contributed by atoms with Gasteiger partial charge in [0.2, 0.25) is 0 Å². The molecule has 0 aromatic carbocycles. The van der Waals surface area contributed by atoms with Gasteiger partial charge in [-0.1, -0.05) is 12.2 Å². The molecular weight excluding hydrogens is 150 g/mol. The van der Waals surface area contributed by atoms with Crippen LogP contribution >= 0.6 is 0 Å². The highest BCUT2D eigenvalue weighted by Gasteiger charge is 2.15. The Morgan fingerprint density at radius 1 is 1.67 bits per heavy atom. The molecule has 0 bridgehead atoms. The first-order valence-corrected chi connectivity index (χ1v) is 4.74. The van der Waals surface area contributed by atoms with Crippen LogP contribution in [0.3, 0.4) is 0 Å². The summed E-state index contributed by atoms with van der Waals surface area (Å²) in [4.78, 5) is 0. The van der Waals surface area contributed by atoms with Crippen molar-refractivity contribution in [3.63, 3.8) is 0 Å². The molecule has 1 rings (SSSR count). The highest BCUT2D eigenvalue weighted by atomic mass is 16.5. The maximum Gasteiger partial charge on any atom is 0.0531 e. The molecule has 70 valence electrons. The van der Waals surface area contributed by atoms with E-state index in [9.17, 15) is 0 Å². The molecule has 0 spiro atoms. The van der Waals surface area contributed by atoms with Gasteiger partial charge in [0, 0.05) is 12.5 Å². The third-order valence-corrected chi connectivity index (χ3v) is 2.43. The van der Waals surface area contributed by atoms with Crippen molar-refractivity contribution in [3.8, 4) is 0 Å². The lowest BCUT2D eigenvalue weighted by molar-refractivity contribution is 0.0664. The molecule has 1 heterocycles. The zero-order valence-corrected chi connectivity index (χ0v) is 7.94. The van der Waals surface area contributed by atoms with Crippen molar-refractivity contribution in [1.29, 1.82) is 0 Å². The number of nitrogens with one attached hydrogen (secondary N) is 1. The quantitative estimate of drug-likeness (QED) is 0.645. The van der Waals surface area contributed by atoms with Gasteiger partial charge < -0.3 is 10.1 Å². The molecule has 0 aromatic rings. The average Bonchev–Trinajstić information content (AvgIpc) is 2.15. The standard InChI is InChI=1S/C10H19NO/c1-9(5-6-11-2)10-4-3-7-12-8-10/h10-11H,1,3-8H2,2H3. The molecule has 0 saturated carbocycles. The summed E-state index contributed by atoms with van der Waals surface area (Å²) in [6.07, 6.45) is 3.55. The topological polar surface area (TPSA) is 21.3 Å². The Bertz CT molecular complexity index is 139. The molecule has 2 heteroatoms. The van der Waals surface area contributed by atoms with Crippen molar-refractivity contribution in [3.05, 3.63) is 12.2 Å². The second-order valence-electron chi connectivity index (χ2n) is 3.43. The molecule has 12 heavy (non-hydrogen) atoms. The van der Waals surface area contributed by atoms with Gasteiger partial charge in [-0.15, -0.1) is 0 Å². The first-order valence-electron chi connectivity index (χ1n) is 4.74. The zero-order chi connectivity index (χ0) is 8.81. The molecule has 0 amide bonds. The molecule has 1 atom stereocenters. The Kier molecular flexibility index (Phi) is 4.33. The lowest BCUT2D eigenvalue weighted by Gasteiger charge is -2.23. The molecule has 1 aliphatic rings. The van der Waals surface area contributed by atoms with Gasteiger partial charge in [0.15, 0.2) is 0 Å². The lowest BCUT2D eigenvalue weighted by Crippen LogP contribution is -2.20. The fraction of sp³-hybridized carbons (Fsp3) is 0.800. The summed E-state index contributed by atoms with van der Waals surface area (Å²) in [5, 5.41) is 3.14. The van der Waals surface area contributed by atoms with E-state index < -0.39 is 0 Å². The largest absolute Gasteiger partial charge is 0.381 e. The van der Waals surface area contributed by atoms with E-state index in [0.29, 0.717) is 5.92 Å². The van der Waals surface area contributed by atoms with Crippen LogP contribution in [0.2, 0.25) is 0 Å². The fourth-order valence-electron chi connectivity index (χ4n) is 1.55. The van der Waals surface area contributed by atoms with Crippen molar-refractivity contribution in [2.24, 2.45) is 5.92 Å². The summed E-state index contributed by atoms with van der Waals surface area (Å²) in [7, 11) is 1.98. The molecular formula is C10H19NO. The van der Waals surface area contributed by atoms with Gasteiger partial charge in [-0.3, -0.25) is 0 Å². The van der Waals surface area contributed by atoms with E-state index in [1.165, 1.54) is 18.4 Å². The molecule has 1 N–H and O–H groups in total. The highest BCUT2D eigenvalue weighted by molar-refractivity contribution is 5.01. The first kappa shape index (κ1) is 9.75. The number of hydrogen-bond acceptors (Lipinski definition) is 2. The third-order valence-electron chi connectivity index (χ3n) is 2.43. The van der Waals surface area contributed by atoms with Crippen molar-refractivity contribution in [1.82, 2.24) is 5.32 Å². The lowest BCUT2D eigenvalue weighted by atomic mass is 9.92. The van der Waals surface area contributed by atoms with Crippen LogP contribution in [0.5, 0.6) is 0 Å². The number of hydrogen-bond donors (Lipinski definition) is 1. The molecule has 1 saturated heterocycles. The second kappa shape index (κ2) is 5.33. The summed E-state index contributed by atoms with van der Waals surface area (Å²) >= 11 is 0. The molecule has 2 nitrogen and oxygen atoms in total. The fourth-order valence-corrected chi connectivity index (χ4v) is 1.55. The second-order valence-corrected chi connectivity index (χ2v) is 3.43. The van der Waals surface area contributed by atoms with Crippen molar-refractivity contribution in [2.45, 2.75) is 19.3 Å². The van der Waals surface area contributed by atoms with Gasteiger partial charge in [-0.25, -0.2) is 0 Å². The Morgan fingerprint density at radius 2 is 2.50 bits per heavy atom. The van der Waals surface area contributed by atoms with Crippen molar-refractivity contribution < 1.29 is 4.74 Å². The minimum absolute atomic E-state index is 0.618. The van der Waals surface area contributed by atoms with E-state index in [0.717, 1.165) is 26.2 Å². The van der Waals surface area contributed by atoms with Crippen LogP contribution in [0.1, 0.15) is 19.3 Å². The SMILES string of the molecule is C=C(CCNC)C1CCCOC1. The maximum atomic E-state index is 5.40. The predicted molar refractivity (Wildman–Crippen MR) is 51.2 cm³/mol. The predicted octanol–water partition coefficient (Wildman–Crippen LogP) is 1.58. The van der Waals surface area contributed by atoms with Crippen molar-refractivity contribution in [2.75, 3.05) is 26.8 Å². The van der Waals surface area contributed by atoms with E-state index in [1.54, 1.807) is 0 Å². The Morgan fingerprint density at radius 3 is 3.08 bits per heavy atom. The van der Waals surface area contributed by atoms with E-state index >= 15 is 0 Å².